The Labute approximate surface area is 290 Å². The van der Waals surface area contributed by atoms with Gasteiger partial charge in [0, 0.05) is 32.7 Å². The predicted molar refractivity (Wildman–Crippen MR) is 188 cm³/mol. The van der Waals surface area contributed by atoms with Gasteiger partial charge in [0.2, 0.25) is 21.6 Å². The van der Waals surface area contributed by atoms with E-state index in [4.69, 9.17) is 9.47 Å². The number of nitrogens with zero attached hydrogens (tertiary/aromatic N) is 4. The van der Waals surface area contributed by atoms with Crippen molar-refractivity contribution in [2.24, 2.45) is 0 Å². The van der Waals surface area contributed by atoms with E-state index in [2.05, 4.69) is 20.4 Å². The van der Waals surface area contributed by atoms with Crippen LogP contribution < -0.4 is 9.47 Å². The molecule has 8 nitrogen and oxygen atoms in total. The van der Waals surface area contributed by atoms with Crippen LogP contribution in [0.4, 0.5) is 8.78 Å². The zero-order valence-corrected chi connectivity index (χ0v) is 27.3. The summed E-state index contributed by atoms with van der Waals surface area (Å²) in [6, 6.07) is 38.9. The number of hydrogen-bond donors (Lipinski definition) is 0. The van der Waals surface area contributed by atoms with Gasteiger partial charge >= 0.3 is 0 Å². The van der Waals surface area contributed by atoms with Crippen molar-refractivity contribution in [3.63, 3.8) is 0 Å². The van der Waals surface area contributed by atoms with E-state index >= 15 is 0 Å². The Kier molecular flexibility index (Phi) is 8.09. The summed E-state index contributed by atoms with van der Waals surface area (Å²) in [5, 5.41) is 20.2. The molecule has 0 aliphatic carbocycles. The molecule has 51 heavy (non-hydrogen) atoms. The minimum Gasteiger partial charge on any atom is -0.437 e. The number of fused-ring (bicyclic) bond motifs is 2. The first-order valence-corrected chi connectivity index (χ1v) is 17.2. The highest BCUT2D eigenvalue weighted by atomic mass is 32.2. The molecule has 11 heteroatoms. The number of aromatic nitrogens is 4. The smallest absolute Gasteiger partial charge is 0.246 e. The van der Waals surface area contributed by atoms with Gasteiger partial charge in [-0.2, -0.15) is 0 Å². The predicted octanol–water partition coefficient (Wildman–Crippen LogP) is 9.60. The van der Waals surface area contributed by atoms with Crippen LogP contribution >= 0.6 is 0 Å². The fraction of sp³-hybridized carbons (Fsp3) is 0. The van der Waals surface area contributed by atoms with E-state index in [0.717, 1.165) is 10.8 Å². The van der Waals surface area contributed by atoms with Crippen LogP contribution in [0, 0.1) is 11.6 Å². The zero-order chi connectivity index (χ0) is 35.0. The molecule has 0 bridgehead atoms. The molecule has 0 amide bonds. The summed E-state index contributed by atoms with van der Waals surface area (Å²) in [4.78, 5) is 0.138. The van der Waals surface area contributed by atoms with Gasteiger partial charge in [-0.1, -0.05) is 36.4 Å². The molecule has 0 spiro atoms. The van der Waals surface area contributed by atoms with E-state index in [1.165, 1.54) is 48.5 Å². The number of ether oxygens (including phenoxy) is 2. The molecule has 6 aromatic carbocycles. The highest BCUT2D eigenvalue weighted by Crippen LogP contribution is 2.36. The van der Waals surface area contributed by atoms with Gasteiger partial charge in [-0.05, 0) is 109 Å². The van der Waals surface area contributed by atoms with Crippen molar-refractivity contribution in [1.29, 1.82) is 0 Å². The first kappa shape index (κ1) is 31.7. The minimum absolute atomic E-state index is 0.0689. The van der Waals surface area contributed by atoms with Crippen LogP contribution in [0.25, 0.3) is 44.1 Å². The van der Waals surface area contributed by atoms with Crippen LogP contribution in [0.3, 0.4) is 0 Å². The van der Waals surface area contributed by atoms with Crippen LogP contribution in [0.15, 0.2) is 155 Å². The molecule has 248 valence electrons. The second-order valence-corrected chi connectivity index (χ2v) is 13.4. The fourth-order valence-corrected chi connectivity index (χ4v) is 6.95. The molecule has 0 fully saturated rings. The van der Waals surface area contributed by atoms with Crippen LogP contribution in [0.2, 0.25) is 0 Å². The maximum absolute atomic E-state index is 13.5. The van der Waals surface area contributed by atoms with E-state index in [1.807, 2.05) is 48.5 Å². The average Bonchev–Trinajstić information content (AvgIpc) is 3.16. The van der Waals surface area contributed by atoms with E-state index < -0.39 is 9.84 Å². The maximum atomic E-state index is 13.5. The lowest BCUT2D eigenvalue weighted by molar-refractivity contribution is 0.461. The zero-order valence-electron chi connectivity index (χ0n) is 26.4. The van der Waals surface area contributed by atoms with Gasteiger partial charge in [0.15, 0.2) is 0 Å². The summed E-state index contributed by atoms with van der Waals surface area (Å²) in [5.41, 5.74) is 2.58. The van der Waals surface area contributed by atoms with E-state index in [1.54, 1.807) is 48.5 Å². The molecule has 0 saturated heterocycles. The maximum Gasteiger partial charge on any atom is 0.246 e. The number of hydrogen-bond acceptors (Lipinski definition) is 8. The van der Waals surface area contributed by atoms with Crippen molar-refractivity contribution in [1.82, 2.24) is 20.4 Å². The number of rotatable bonds is 8. The highest BCUT2D eigenvalue weighted by Gasteiger charge is 2.20. The second kappa shape index (κ2) is 13.0. The largest absolute Gasteiger partial charge is 0.437 e. The summed E-state index contributed by atoms with van der Waals surface area (Å²) in [6.07, 6.45) is 0. The normalized spacial score (nSPS) is 11.5. The van der Waals surface area contributed by atoms with E-state index in [9.17, 15) is 17.2 Å². The fourth-order valence-electron chi connectivity index (χ4n) is 5.68. The SMILES string of the molecule is O=S(=O)(c1ccc(Oc2nnc(-c3ccc(F)cc3)c3ccccc23)cc1)c1ccc(Oc2nnc(-c3ccc(F)cc3)c3ccccc23)cc1. The van der Waals surface area contributed by atoms with Gasteiger partial charge in [0.05, 0.1) is 9.79 Å². The second-order valence-electron chi connectivity index (χ2n) is 11.5. The summed E-state index contributed by atoms with van der Waals surface area (Å²) in [5.74, 6) is 0.519. The Hall–Kier alpha value is -6.59. The Bertz CT molecular complexity index is 2480. The van der Waals surface area contributed by atoms with E-state index in [-0.39, 0.29) is 33.2 Å². The average molecular weight is 695 g/mol. The molecule has 0 saturated carbocycles. The monoisotopic (exact) mass is 694 g/mol. The van der Waals surface area contributed by atoms with Crippen LogP contribution in [-0.4, -0.2) is 28.8 Å². The standard InChI is InChI=1S/C40H24F2N4O4S/c41-27-13-9-25(10-14-27)37-33-5-1-3-7-35(33)39(45-43-37)49-29-17-21-31(22-18-29)51(47,48)32-23-19-30(20-24-32)50-40-36-8-4-2-6-34(36)38(44-46-40)26-11-15-28(42)16-12-26/h1-24H. The van der Waals surface area contributed by atoms with Gasteiger partial charge in [-0.15, -0.1) is 20.4 Å². The topological polar surface area (TPSA) is 104 Å². The Balaban J connectivity index is 1.01. The van der Waals surface area contributed by atoms with Gasteiger partial charge in [0.1, 0.15) is 34.5 Å². The van der Waals surface area contributed by atoms with Crippen LogP contribution in [0.1, 0.15) is 0 Å². The Morgan fingerprint density at radius 3 is 1.14 bits per heavy atom. The Morgan fingerprint density at radius 1 is 0.412 bits per heavy atom. The quantitative estimate of drug-likeness (QED) is 0.155. The summed E-state index contributed by atoms with van der Waals surface area (Å²) in [6.45, 7) is 0. The van der Waals surface area contributed by atoms with Crippen LogP contribution in [-0.2, 0) is 9.84 Å². The van der Waals surface area contributed by atoms with Crippen molar-refractivity contribution in [2.75, 3.05) is 0 Å². The first-order chi connectivity index (χ1) is 24.8. The molecule has 2 heterocycles. The first-order valence-electron chi connectivity index (χ1n) is 15.7. The third-order valence-electron chi connectivity index (χ3n) is 8.24. The van der Waals surface area contributed by atoms with Crippen LogP contribution in [0.5, 0.6) is 23.3 Å². The molecule has 0 aliphatic rings. The number of benzene rings is 6. The van der Waals surface area contributed by atoms with Crippen molar-refractivity contribution in [2.45, 2.75) is 9.79 Å². The van der Waals surface area contributed by atoms with Crippen molar-refractivity contribution >= 4 is 31.4 Å². The Morgan fingerprint density at radius 2 is 0.765 bits per heavy atom. The molecule has 2 aromatic heterocycles. The van der Waals surface area contributed by atoms with Gasteiger partial charge in [-0.25, -0.2) is 17.2 Å². The number of halogens is 2. The lowest BCUT2D eigenvalue weighted by atomic mass is 10.1. The van der Waals surface area contributed by atoms with Crippen molar-refractivity contribution < 1.29 is 26.7 Å². The lowest BCUT2D eigenvalue weighted by Crippen LogP contribution is -2.02. The lowest BCUT2D eigenvalue weighted by Gasteiger charge is -2.12. The van der Waals surface area contributed by atoms with Gasteiger partial charge in [0.25, 0.3) is 0 Å². The molecule has 0 atom stereocenters. The van der Waals surface area contributed by atoms with Gasteiger partial charge in [-0.3, -0.25) is 0 Å². The highest BCUT2D eigenvalue weighted by molar-refractivity contribution is 7.91. The summed E-state index contributed by atoms with van der Waals surface area (Å²) >= 11 is 0. The third kappa shape index (κ3) is 6.22. The minimum atomic E-state index is -3.89. The summed E-state index contributed by atoms with van der Waals surface area (Å²) < 4.78 is 66.2. The number of sulfone groups is 1. The molecule has 0 unspecified atom stereocenters. The molecule has 8 aromatic rings. The molecule has 0 aliphatic heterocycles. The van der Waals surface area contributed by atoms with Crippen molar-refractivity contribution in [3.05, 3.63) is 157 Å². The van der Waals surface area contributed by atoms with E-state index in [0.29, 0.717) is 44.8 Å². The molecular formula is C40H24F2N4O4S. The summed E-state index contributed by atoms with van der Waals surface area (Å²) in [7, 11) is -3.89. The third-order valence-corrected chi connectivity index (χ3v) is 10.0. The molecular weight excluding hydrogens is 671 g/mol. The molecule has 0 N–H and O–H groups in total. The van der Waals surface area contributed by atoms with Crippen molar-refractivity contribution in [3.8, 4) is 45.8 Å². The van der Waals surface area contributed by atoms with Gasteiger partial charge < -0.3 is 9.47 Å². The molecule has 8 rings (SSSR count). The molecule has 0 radical (unpaired) electrons.